The van der Waals surface area contributed by atoms with Crippen LogP contribution >= 0.6 is 11.3 Å². The molecule has 0 radical (unpaired) electrons. The molecule has 176 valence electrons. The molecule has 33 heavy (non-hydrogen) atoms. The summed E-state index contributed by atoms with van der Waals surface area (Å²) in [6.45, 7) is 10.9. The Morgan fingerprint density at radius 3 is 2.55 bits per heavy atom. The summed E-state index contributed by atoms with van der Waals surface area (Å²) in [5.74, 6) is 1.17. The van der Waals surface area contributed by atoms with Crippen molar-refractivity contribution in [1.29, 1.82) is 0 Å². The minimum atomic E-state index is -0.190. The Hall–Kier alpha value is -3.31. The summed E-state index contributed by atoms with van der Waals surface area (Å²) in [5, 5.41) is 0.420. The lowest BCUT2D eigenvalue weighted by molar-refractivity contribution is -0.124. The van der Waals surface area contributed by atoms with E-state index in [1.54, 1.807) is 38.5 Å². The van der Waals surface area contributed by atoms with Gasteiger partial charge in [-0.05, 0) is 39.0 Å². The fourth-order valence-corrected chi connectivity index (χ4v) is 3.86. The first-order chi connectivity index (χ1) is 15.7. The lowest BCUT2D eigenvalue weighted by Crippen LogP contribution is -2.50. The minimum absolute atomic E-state index is 0.0739. The van der Waals surface area contributed by atoms with Gasteiger partial charge in [0.05, 0.1) is 36.4 Å². The fraction of sp³-hybridized carbons (Fsp3) is 0.409. The maximum absolute atomic E-state index is 12.0. The number of rotatable bonds is 7. The van der Waals surface area contributed by atoms with Crippen LogP contribution in [0.3, 0.4) is 0 Å². The van der Waals surface area contributed by atoms with E-state index in [1.807, 2.05) is 6.92 Å². The van der Waals surface area contributed by atoms with Crippen LogP contribution in [0.15, 0.2) is 42.3 Å². The highest BCUT2D eigenvalue weighted by molar-refractivity contribution is 7.18. The molecule has 2 aromatic rings. The van der Waals surface area contributed by atoms with Crippen LogP contribution in [0.1, 0.15) is 20.8 Å². The normalized spacial score (nSPS) is 19.1. The van der Waals surface area contributed by atoms with E-state index in [1.165, 1.54) is 16.2 Å². The summed E-state index contributed by atoms with van der Waals surface area (Å²) in [6.07, 6.45) is 6.62. The third kappa shape index (κ3) is 5.93. The number of amides is 1. The van der Waals surface area contributed by atoms with Gasteiger partial charge in [0.15, 0.2) is 11.0 Å². The Morgan fingerprint density at radius 1 is 1.27 bits per heavy atom. The van der Waals surface area contributed by atoms with Gasteiger partial charge in [-0.15, -0.1) is 0 Å². The van der Waals surface area contributed by atoms with Crippen molar-refractivity contribution >= 4 is 28.3 Å². The number of morpholine rings is 1. The SMILES string of the molecule is C=C(C=CC(=CC)Oc1nc(-c2cnc(N)s2)nc(N2C(C)COCC2C)n1)C(=O)N(C)C. The van der Waals surface area contributed by atoms with Gasteiger partial charge in [0.2, 0.25) is 5.95 Å². The number of carbonyl (C=O) groups excluding carboxylic acids is 1. The summed E-state index contributed by atoms with van der Waals surface area (Å²) in [6, 6.07) is 0.268. The molecule has 2 aromatic heterocycles. The molecular weight excluding hydrogens is 442 g/mol. The van der Waals surface area contributed by atoms with Gasteiger partial charge in [-0.2, -0.15) is 15.0 Å². The van der Waals surface area contributed by atoms with Gasteiger partial charge in [0, 0.05) is 19.7 Å². The molecule has 2 atom stereocenters. The summed E-state index contributed by atoms with van der Waals surface area (Å²) in [4.78, 5) is 34.1. The molecule has 10 nitrogen and oxygen atoms in total. The van der Waals surface area contributed by atoms with Crippen LogP contribution in [0.4, 0.5) is 11.1 Å². The van der Waals surface area contributed by atoms with Crippen molar-refractivity contribution in [3.8, 4) is 16.7 Å². The average Bonchev–Trinajstić information content (AvgIpc) is 3.22. The largest absolute Gasteiger partial charge is 0.425 e. The van der Waals surface area contributed by atoms with Crippen molar-refractivity contribution in [2.45, 2.75) is 32.9 Å². The Labute approximate surface area is 197 Å². The topological polar surface area (TPSA) is 120 Å². The molecule has 0 bridgehead atoms. The number of allylic oxidation sites excluding steroid dienone is 2. The highest BCUT2D eigenvalue weighted by atomic mass is 32.1. The maximum Gasteiger partial charge on any atom is 0.327 e. The number of thiazole rings is 1. The molecule has 1 amide bonds. The predicted octanol–water partition coefficient (Wildman–Crippen LogP) is 2.67. The first-order valence-electron chi connectivity index (χ1n) is 10.5. The molecule has 3 rings (SSSR count). The van der Waals surface area contributed by atoms with Crippen LogP contribution in [0.2, 0.25) is 0 Å². The second-order valence-electron chi connectivity index (χ2n) is 7.80. The smallest absolute Gasteiger partial charge is 0.327 e. The zero-order chi connectivity index (χ0) is 24.1. The van der Waals surface area contributed by atoms with Gasteiger partial charge >= 0.3 is 6.01 Å². The van der Waals surface area contributed by atoms with E-state index < -0.39 is 0 Å². The number of ether oxygens (including phenoxy) is 2. The molecule has 11 heteroatoms. The highest BCUT2D eigenvalue weighted by Crippen LogP contribution is 2.29. The van der Waals surface area contributed by atoms with Crippen molar-refractivity contribution in [3.63, 3.8) is 0 Å². The Kier molecular flexibility index (Phi) is 7.77. The third-order valence-electron chi connectivity index (χ3n) is 4.87. The van der Waals surface area contributed by atoms with E-state index in [-0.39, 0.29) is 24.0 Å². The van der Waals surface area contributed by atoms with E-state index in [0.717, 1.165) is 0 Å². The molecule has 0 saturated carbocycles. The highest BCUT2D eigenvalue weighted by Gasteiger charge is 2.29. The zero-order valence-corrected chi connectivity index (χ0v) is 20.3. The summed E-state index contributed by atoms with van der Waals surface area (Å²) in [5.41, 5.74) is 6.14. The standard InChI is InChI=1S/C22H29N7O3S/c1-7-16(9-8-13(2)19(30)28(5)6)32-22-26-18(17-10-24-20(23)33-17)25-21(27-22)29-14(3)11-31-12-15(29)4/h7-10,14-15H,2,11-12H2,1,3-6H3,(H2,23,24). The molecule has 3 heterocycles. The lowest BCUT2D eigenvalue weighted by Gasteiger charge is -2.38. The molecule has 0 aromatic carbocycles. The number of hydrogen-bond donors (Lipinski definition) is 1. The minimum Gasteiger partial charge on any atom is -0.425 e. The average molecular weight is 472 g/mol. The van der Waals surface area contributed by atoms with E-state index in [4.69, 9.17) is 15.2 Å². The number of anilines is 2. The first-order valence-corrected chi connectivity index (χ1v) is 11.3. The molecule has 0 spiro atoms. The number of carbonyl (C=O) groups is 1. The molecule has 1 aliphatic heterocycles. The number of nitrogens with zero attached hydrogens (tertiary/aromatic N) is 6. The molecule has 0 aliphatic carbocycles. The number of hydrogen-bond acceptors (Lipinski definition) is 10. The number of nitrogen functional groups attached to an aromatic ring is 1. The van der Waals surface area contributed by atoms with Crippen LogP contribution in [0.25, 0.3) is 10.7 Å². The van der Waals surface area contributed by atoms with Crippen molar-refractivity contribution in [3.05, 3.63) is 42.3 Å². The van der Waals surface area contributed by atoms with Gasteiger partial charge in [-0.1, -0.05) is 17.9 Å². The number of aromatic nitrogens is 4. The predicted molar refractivity (Wildman–Crippen MR) is 129 cm³/mol. The van der Waals surface area contributed by atoms with Gasteiger partial charge in [0.25, 0.3) is 5.91 Å². The van der Waals surface area contributed by atoms with E-state index in [0.29, 0.717) is 46.3 Å². The van der Waals surface area contributed by atoms with Gasteiger partial charge in [-0.25, -0.2) is 4.98 Å². The second kappa shape index (κ2) is 10.5. The van der Waals surface area contributed by atoms with Crippen LogP contribution in [0.5, 0.6) is 6.01 Å². The third-order valence-corrected chi connectivity index (χ3v) is 5.69. The number of nitrogens with two attached hydrogens (primary N) is 1. The lowest BCUT2D eigenvalue weighted by atomic mass is 10.2. The Balaban J connectivity index is 1.94. The maximum atomic E-state index is 12.0. The van der Waals surface area contributed by atoms with Crippen LogP contribution in [0, 0.1) is 0 Å². The van der Waals surface area contributed by atoms with E-state index >= 15 is 0 Å². The van der Waals surface area contributed by atoms with Gasteiger partial charge in [0.1, 0.15) is 5.76 Å². The first kappa shape index (κ1) is 24.3. The zero-order valence-electron chi connectivity index (χ0n) is 19.5. The van der Waals surface area contributed by atoms with Gasteiger partial charge < -0.3 is 25.0 Å². The van der Waals surface area contributed by atoms with E-state index in [9.17, 15) is 4.79 Å². The van der Waals surface area contributed by atoms with Crippen LogP contribution < -0.4 is 15.4 Å². The Bertz CT molecular complexity index is 1070. The number of likely N-dealkylation sites (N-methyl/N-ethyl adjacent to an activating group) is 1. The molecule has 1 aliphatic rings. The van der Waals surface area contributed by atoms with Crippen LogP contribution in [-0.2, 0) is 9.53 Å². The quantitative estimate of drug-likeness (QED) is 0.369. The summed E-state index contributed by atoms with van der Waals surface area (Å²) < 4.78 is 11.6. The summed E-state index contributed by atoms with van der Waals surface area (Å²) in [7, 11) is 3.34. The molecular formula is C22H29N7O3S. The van der Waals surface area contributed by atoms with Crippen LogP contribution in [-0.4, -0.2) is 70.1 Å². The molecule has 1 fully saturated rings. The molecule has 2 unspecified atom stereocenters. The second-order valence-corrected chi connectivity index (χ2v) is 8.86. The van der Waals surface area contributed by atoms with Gasteiger partial charge in [-0.3, -0.25) is 4.79 Å². The molecule has 1 saturated heterocycles. The molecule has 2 N–H and O–H groups in total. The summed E-state index contributed by atoms with van der Waals surface area (Å²) >= 11 is 1.28. The van der Waals surface area contributed by atoms with Crippen molar-refractivity contribution in [2.24, 2.45) is 0 Å². The van der Waals surface area contributed by atoms with Crippen molar-refractivity contribution < 1.29 is 14.3 Å². The van der Waals surface area contributed by atoms with Crippen molar-refractivity contribution in [1.82, 2.24) is 24.8 Å². The monoisotopic (exact) mass is 471 g/mol. The fourth-order valence-electron chi connectivity index (χ4n) is 3.24. The van der Waals surface area contributed by atoms with Crippen molar-refractivity contribution in [2.75, 3.05) is 37.9 Å². The van der Waals surface area contributed by atoms with E-state index in [2.05, 4.69) is 45.3 Å². The Morgan fingerprint density at radius 2 is 1.97 bits per heavy atom.